The van der Waals surface area contributed by atoms with Crippen LogP contribution >= 0.6 is 0 Å². The van der Waals surface area contributed by atoms with Gasteiger partial charge in [0, 0.05) is 18.8 Å². The predicted octanol–water partition coefficient (Wildman–Crippen LogP) is 2.54. The molecule has 1 aromatic rings. The standard InChI is InChI=1S/C14H24N4/c1-9(2)8-18(10(3)4)14-12(13(15)16)11(5)6-7-17-14/h6-7,9-10H,8H2,1-5H3,(H3,15,16). The maximum absolute atomic E-state index is 7.74. The number of aromatic nitrogens is 1. The van der Waals surface area contributed by atoms with Crippen LogP contribution in [0.25, 0.3) is 0 Å². The Morgan fingerprint density at radius 2 is 2.00 bits per heavy atom. The van der Waals surface area contributed by atoms with Gasteiger partial charge in [0.05, 0.1) is 5.56 Å². The first-order valence-electron chi connectivity index (χ1n) is 6.41. The van der Waals surface area contributed by atoms with E-state index in [1.165, 1.54) is 0 Å². The van der Waals surface area contributed by atoms with Crippen molar-refractivity contribution in [1.82, 2.24) is 4.98 Å². The summed E-state index contributed by atoms with van der Waals surface area (Å²) in [6, 6.07) is 2.23. The molecule has 100 valence electrons. The van der Waals surface area contributed by atoms with Crippen molar-refractivity contribution in [2.45, 2.75) is 40.7 Å². The number of nitrogens with one attached hydrogen (secondary N) is 1. The summed E-state index contributed by atoms with van der Waals surface area (Å²) < 4.78 is 0. The van der Waals surface area contributed by atoms with Crippen LogP contribution in [0.2, 0.25) is 0 Å². The molecule has 18 heavy (non-hydrogen) atoms. The fourth-order valence-electron chi connectivity index (χ4n) is 2.03. The fourth-order valence-corrected chi connectivity index (χ4v) is 2.03. The second-order valence-corrected chi connectivity index (χ2v) is 5.38. The van der Waals surface area contributed by atoms with E-state index in [1.54, 1.807) is 6.20 Å². The largest absolute Gasteiger partial charge is 0.384 e. The van der Waals surface area contributed by atoms with Crippen molar-refractivity contribution in [2.24, 2.45) is 11.7 Å². The Balaban J connectivity index is 3.27. The number of amidine groups is 1. The van der Waals surface area contributed by atoms with Gasteiger partial charge in [-0.2, -0.15) is 0 Å². The van der Waals surface area contributed by atoms with Gasteiger partial charge in [0.2, 0.25) is 0 Å². The zero-order valence-corrected chi connectivity index (χ0v) is 12.0. The highest BCUT2D eigenvalue weighted by molar-refractivity contribution is 6.01. The summed E-state index contributed by atoms with van der Waals surface area (Å²) in [5.41, 5.74) is 7.46. The van der Waals surface area contributed by atoms with Crippen LogP contribution in [0, 0.1) is 18.3 Å². The van der Waals surface area contributed by atoms with Gasteiger partial charge in [-0.1, -0.05) is 13.8 Å². The van der Waals surface area contributed by atoms with Crippen LogP contribution in [0.3, 0.4) is 0 Å². The smallest absolute Gasteiger partial charge is 0.140 e. The number of nitrogen functional groups attached to an aromatic ring is 1. The number of rotatable bonds is 5. The third-order valence-corrected chi connectivity index (χ3v) is 2.87. The third-order valence-electron chi connectivity index (χ3n) is 2.87. The van der Waals surface area contributed by atoms with Crippen molar-refractivity contribution in [2.75, 3.05) is 11.4 Å². The average Bonchev–Trinajstić information content (AvgIpc) is 2.24. The maximum atomic E-state index is 7.74. The fraction of sp³-hybridized carbons (Fsp3) is 0.571. The summed E-state index contributed by atoms with van der Waals surface area (Å²) in [6.45, 7) is 11.5. The summed E-state index contributed by atoms with van der Waals surface area (Å²) in [6.07, 6.45) is 1.78. The van der Waals surface area contributed by atoms with Gasteiger partial charge >= 0.3 is 0 Å². The van der Waals surface area contributed by atoms with Crippen molar-refractivity contribution in [1.29, 1.82) is 5.41 Å². The van der Waals surface area contributed by atoms with Gasteiger partial charge in [-0.25, -0.2) is 4.98 Å². The van der Waals surface area contributed by atoms with Crippen LogP contribution in [0.1, 0.15) is 38.8 Å². The highest BCUT2D eigenvalue weighted by Crippen LogP contribution is 2.23. The molecule has 1 rings (SSSR count). The van der Waals surface area contributed by atoms with Crippen LogP contribution in [0.15, 0.2) is 12.3 Å². The van der Waals surface area contributed by atoms with Crippen molar-refractivity contribution >= 4 is 11.7 Å². The molecule has 4 heteroatoms. The number of hydrogen-bond donors (Lipinski definition) is 2. The monoisotopic (exact) mass is 248 g/mol. The third kappa shape index (κ3) is 3.22. The maximum Gasteiger partial charge on any atom is 0.140 e. The topological polar surface area (TPSA) is 66.0 Å². The van der Waals surface area contributed by atoms with Crippen LogP contribution in [0.4, 0.5) is 5.82 Å². The first-order chi connectivity index (χ1) is 8.34. The number of nitrogens with two attached hydrogens (primary N) is 1. The number of aryl methyl sites for hydroxylation is 1. The Hall–Kier alpha value is -1.58. The molecule has 3 N–H and O–H groups in total. The zero-order chi connectivity index (χ0) is 13.9. The van der Waals surface area contributed by atoms with Gasteiger partial charge in [-0.05, 0) is 38.3 Å². The molecular weight excluding hydrogens is 224 g/mol. The molecule has 0 aliphatic rings. The molecule has 1 aromatic heterocycles. The minimum atomic E-state index is 0.0880. The molecule has 0 radical (unpaired) electrons. The lowest BCUT2D eigenvalue weighted by Crippen LogP contribution is -2.36. The Kier molecular flexibility index (Phi) is 4.70. The number of hydrogen-bond acceptors (Lipinski definition) is 3. The number of anilines is 1. The van der Waals surface area contributed by atoms with E-state index < -0.39 is 0 Å². The Labute approximate surface area is 110 Å². The lowest BCUT2D eigenvalue weighted by atomic mass is 10.1. The quantitative estimate of drug-likeness (QED) is 0.621. The SMILES string of the molecule is Cc1ccnc(N(CC(C)C)C(C)C)c1C(=N)N. The molecule has 0 amide bonds. The molecule has 4 nitrogen and oxygen atoms in total. The lowest BCUT2D eigenvalue weighted by molar-refractivity contribution is 0.565. The van der Waals surface area contributed by atoms with Gasteiger partial charge in [0.25, 0.3) is 0 Å². The molecule has 0 atom stereocenters. The molecule has 0 saturated heterocycles. The van der Waals surface area contributed by atoms with E-state index in [4.69, 9.17) is 11.1 Å². The average molecular weight is 248 g/mol. The Bertz CT molecular complexity index is 424. The van der Waals surface area contributed by atoms with E-state index in [0.29, 0.717) is 12.0 Å². The second kappa shape index (κ2) is 5.85. The summed E-state index contributed by atoms with van der Waals surface area (Å²) in [4.78, 5) is 6.66. The van der Waals surface area contributed by atoms with E-state index in [2.05, 4.69) is 37.6 Å². The minimum absolute atomic E-state index is 0.0880. The molecule has 0 bridgehead atoms. The summed E-state index contributed by atoms with van der Waals surface area (Å²) in [7, 11) is 0. The van der Waals surface area contributed by atoms with Crippen molar-refractivity contribution < 1.29 is 0 Å². The van der Waals surface area contributed by atoms with Crippen LogP contribution in [-0.2, 0) is 0 Å². The van der Waals surface area contributed by atoms with Gasteiger partial charge in [-0.15, -0.1) is 0 Å². The van der Waals surface area contributed by atoms with E-state index in [9.17, 15) is 0 Å². The Morgan fingerprint density at radius 1 is 1.39 bits per heavy atom. The van der Waals surface area contributed by atoms with Crippen molar-refractivity contribution in [3.05, 3.63) is 23.4 Å². The molecule has 0 aliphatic carbocycles. The zero-order valence-electron chi connectivity index (χ0n) is 12.0. The molecule has 0 aliphatic heterocycles. The van der Waals surface area contributed by atoms with Gasteiger partial charge in [-0.3, -0.25) is 5.41 Å². The molecule has 0 aromatic carbocycles. The minimum Gasteiger partial charge on any atom is -0.384 e. The van der Waals surface area contributed by atoms with E-state index >= 15 is 0 Å². The second-order valence-electron chi connectivity index (χ2n) is 5.38. The predicted molar refractivity (Wildman–Crippen MR) is 77.3 cm³/mol. The van der Waals surface area contributed by atoms with Crippen LogP contribution in [0.5, 0.6) is 0 Å². The van der Waals surface area contributed by atoms with Crippen molar-refractivity contribution in [3.8, 4) is 0 Å². The molecule has 1 heterocycles. The first kappa shape index (κ1) is 14.5. The first-order valence-corrected chi connectivity index (χ1v) is 6.41. The molecule has 0 unspecified atom stereocenters. The van der Waals surface area contributed by atoms with E-state index in [0.717, 1.165) is 23.5 Å². The summed E-state index contributed by atoms with van der Waals surface area (Å²) in [5, 5.41) is 7.74. The highest BCUT2D eigenvalue weighted by Gasteiger charge is 2.19. The molecule has 0 saturated carbocycles. The van der Waals surface area contributed by atoms with Gasteiger partial charge in [0.15, 0.2) is 0 Å². The highest BCUT2D eigenvalue weighted by atomic mass is 15.2. The van der Waals surface area contributed by atoms with Gasteiger partial charge in [0.1, 0.15) is 11.7 Å². The molecule has 0 spiro atoms. The van der Waals surface area contributed by atoms with Crippen LogP contribution in [-0.4, -0.2) is 23.4 Å². The summed E-state index contributed by atoms with van der Waals surface area (Å²) in [5.74, 6) is 1.45. The van der Waals surface area contributed by atoms with Gasteiger partial charge < -0.3 is 10.6 Å². The molecular formula is C14H24N4. The number of pyridine rings is 1. The van der Waals surface area contributed by atoms with E-state index in [-0.39, 0.29) is 5.84 Å². The normalized spacial score (nSPS) is 11.1. The summed E-state index contributed by atoms with van der Waals surface area (Å²) >= 11 is 0. The van der Waals surface area contributed by atoms with Crippen LogP contribution < -0.4 is 10.6 Å². The Morgan fingerprint density at radius 3 is 2.44 bits per heavy atom. The number of nitrogens with zero attached hydrogens (tertiary/aromatic N) is 2. The van der Waals surface area contributed by atoms with E-state index in [1.807, 2.05) is 13.0 Å². The lowest BCUT2D eigenvalue weighted by Gasteiger charge is -2.31. The molecule has 0 fully saturated rings. The van der Waals surface area contributed by atoms with Crippen molar-refractivity contribution in [3.63, 3.8) is 0 Å².